The van der Waals surface area contributed by atoms with Crippen molar-refractivity contribution < 1.29 is 19.1 Å². The van der Waals surface area contributed by atoms with Gasteiger partial charge in [0.25, 0.3) is 0 Å². The number of urea groups is 1. The fourth-order valence-corrected chi connectivity index (χ4v) is 2.74. The second kappa shape index (κ2) is 5.42. The Labute approximate surface area is 123 Å². The van der Waals surface area contributed by atoms with Gasteiger partial charge in [-0.25, -0.2) is 4.79 Å². The Morgan fingerprint density at radius 3 is 2.67 bits per heavy atom. The second-order valence-electron chi connectivity index (χ2n) is 6.04. The number of furan rings is 1. The number of carbonyl (C=O) groups is 2. The van der Waals surface area contributed by atoms with Gasteiger partial charge in [0.1, 0.15) is 5.76 Å². The van der Waals surface area contributed by atoms with Crippen molar-refractivity contribution in [2.45, 2.75) is 44.7 Å². The lowest BCUT2D eigenvalue weighted by molar-refractivity contribution is -0.153. The van der Waals surface area contributed by atoms with E-state index in [0.717, 1.165) is 25.0 Å². The second-order valence-corrected chi connectivity index (χ2v) is 6.04. The summed E-state index contributed by atoms with van der Waals surface area (Å²) in [7, 11) is 0. The summed E-state index contributed by atoms with van der Waals surface area (Å²) < 4.78 is 5.29. The summed E-state index contributed by atoms with van der Waals surface area (Å²) in [5.41, 5.74) is -0.754. The smallest absolute Gasteiger partial charge is 0.318 e. The minimum atomic E-state index is -0.807. The SMILES string of the molecule is O=C(NCC1(C(=O)O)CCC1)N(Cc1ccco1)C1CC1. The zero-order valence-corrected chi connectivity index (χ0v) is 11.9. The minimum Gasteiger partial charge on any atom is -0.481 e. The first-order valence-electron chi connectivity index (χ1n) is 7.41. The van der Waals surface area contributed by atoms with E-state index in [1.807, 2.05) is 6.07 Å². The maximum atomic E-state index is 12.3. The molecule has 1 aromatic rings. The summed E-state index contributed by atoms with van der Waals surface area (Å²) in [4.78, 5) is 25.4. The Bertz CT molecular complexity index is 518. The molecule has 21 heavy (non-hydrogen) atoms. The van der Waals surface area contributed by atoms with Crippen molar-refractivity contribution in [2.75, 3.05) is 6.54 Å². The Morgan fingerprint density at radius 1 is 1.43 bits per heavy atom. The van der Waals surface area contributed by atoms with Crippen LogP contribution in [0.2, 0.25) is 0 Å². The van der Waals surface area contributed by atoms with E-state index in [9.17, 15) is 14.7 Å². The number of carboxylic acid groups (broad SMARTS) is 1. The molecule has 2 N–H and O–H groups in total. The van der Waals surface area contributed by atoms with Crippen LogP contribution in [0.3, 0.4) is 0 Å². The van der Waals surface area contributed by atoms with Gasteiger partial charge in [-0.05, 0) is 37.8 Å². The van der Waals surface area contributed by atoms with E-state index in [-0.39, 0.29) is 18.6 Å². The normalized spacial score (nSPS) is 19.6. The van der Waals surface area contributed by atoms with Crippen LogP contribution in [0.4, 0.5) is 4.79 Å². The van der Waals surface area contributed by atoms with Crippen LogP contribution in [0.15, 0.2) is 22.8 Å². The highest BCUT2D eigenvalue weighted by Crippen LogP contribution is 2.40. The molecule has 0 bridgehead atoms. The number of hydrogen-bond acceptors (Lipinski definition) is 3. The van der Waals surface area contributed by atoms with Crippen molar-refractivity contribution in [2.24, 2.45) is 5.41 Å². The van der Waals surface area contributed by atoms with Gasteiger partial charge in [0.2, 0.25) is 0 Å². The predicted octanol–water partition coefficient (Wildman–Crippen LogP) is 2.21. The quantitative estimate of drug-likeness (QED) is 0.842. The van der Waals surface area contributed by atoms with E-state index >= 15 is 0 Å². The van der Waals surface area contributed by atoms with Gasteiger partial charge in [-0.15, -0.1) is 0 Å². The Balaban J connectivity index is 1.58. The van der Waals surface area contributed by atoms with Gasteiger partial charge in [-0.3, -0.25) is 4.79 Å². The first-order chi connectivity index (χ1) is 10.1. The van der Waals surface area contributed by atoms with E-state index in [1.54, 1.807) is 17.2 Å². The van der Waals surface area contributed by atoms with Crippen molar-refractivity contribution in [3.63, 3.8) is 0 Å². The highest BCUT2D eigenvalue weighted by atomic mass is 16.4. The van der Waals surface area contributed by atoms with E-state index in [0.29, 0.717) is 19.4 Å². The van der Waals surface area contributed by atoms with Crippen molar-refractivity contribution in [1.82, 2.24) is 10.2 Å². The zero-order valence-electron chi connectivity index (χ0n) is 11.9. The summed E-state index contributed by atoms with van der Waals surface area (Å²) in [6.07, 6.45) is 5.79. The lowest BCUT2D eigenvalue weighted by Gasteiger charge is -2.38. The molecule has 0 unspecified atom stereocenters. The first-order valence-corrected chi connectivity index (χ1v) is 7.41. The molecule has 6 heteroatoms. The minimum absolute atomic E-state index is 0.193. The molecule has 2 amide bonds. The lowest BCUT2D eigenvalue weighted by atomic mass is 9.69. The largest absolute Gasteiger partial charge is 0.481 e. The molecule has 2 saturated carbocycles. The molecule has 2 aliphatic carbocycles. The summed E-state index contributed by atoms with van der Waals surface area (Å²) in [6, 6.07) is 3.69. The van der Waals surface area contributed by atoms with E-state index < -0.39 is 11.4 Å². The average Bonchev–Trinajstić information content (AvgIpc) is 3.11. The van der Waals surface area contributed by atoms with Crippen molar-refractivity contribution >= 4 is 12.0 Å². The maximum absolute atomic E-state index is 12.3. The Kier molecular flexibility index (Phi) is 3.61. The highest BCUT2D eigenvalue weighted by Gasteiger charge is 2.45. The van der Waals surface area contributed by atoms with Crippen LogP contribution in [-0.4, -0.2) is 34.6 Å². The fourth-order valence-electron chi connectivity index (χ4n) is 2.74. The molecular weight excluding hydrogens is 272 g/mol. The molecule has 0 aliphatic heterocycles. The Hall–Kier alpha value is -1.98. The van der Waals surface area contributed by atoms with Crippen LogP contribution in [0.1, 0.15) is 37.9 Å². The van der Waals surface area contributed by atoms with Crippen LogP contribution in [0.25, 0.3) is 0 Å². The maximum Gasteiger partial charge on any atom is 0.318 e. The summed E-state index contributed by atoms with van der Waals surface area (Å²) in [6.45, 7) is 0.645. The number of amides is 2. The Morgan fingerprint density at radius 2 is 2.19 bits per heavy atom. The van der Waals surface area contributed by atoms with Gasteiger partial charge in [-0.2, -0.15) is 0 Å². The van der Waals surface area contributed by atoms with Gasteiger partial charge in [0, 0.05) is 12.6 Å². The average molecular weight is 292 g/mol. The van der Waals surface area contributed by atoms with Crippen molar-refractivity contribution in [1.29, 1.82) is 0 Å². The lowest BCUT2D eigenvalue weighted by Crippen LogP contribution is -2.50. The molecule has 3 rings (SSSR count). The number of carboxylic acids is 1. The predicted molar refractivity (Wildman–Crippen MR) is 74.6 cm³/mol. The standard InChI is InChI=1S/C15H20N2O4/c18-13(19)15(6-2-7-15)10-16-14(20)17(11-4-5-11)9-12-3-1-8-21-12/h1,3,8,11H,2,4-7,9-10H2,(H,16,20)(H,18,19). The fraction of sp³-hybridized carbons (Fsp3) is 0.600. The van der Waals surface area contributed by atoms with Crippen LogP contribution >= 0.6 is 0 Å². The molecule has 0 saturated heterocycles. The van der Waals surface area contributed by atoms with E-state index in [1.165, 1.54) is 0 Å². The summed E-state index contributed by atoms with van der Waals surface area (Å²) in [5.74, 6) is -0.0632. The highest BCUT2D eigenvalue weighted by molar-refractivity contribution is 5.79. The molecule has 6 nitrogen and oxygen atoms in total. The third-order valence-electron chi connectivity index (χ3n) is 4.50. The number of carbonyl (C=O) groups excluding carboxylic acids is 1. The molecule has 2 aliphatic rings. The number of hydrogen-bond donors (Lipinski definition) is 2. The monoisotopic (exact) mass is 292 g/mol. The van der Waals surface area contributed by atoms with Gasteiger partial charge in [0.15, 0.2) is 0 Å². The number of aliphatic carboxylic acids is 1. The van der Waals surface area contributed by atoms with Crippen LogP contribution < -0.4 is 5.32 Å². The molecule has 0 aromatic carbocycles. The molecule has 0 spiro atoms. The summed E-state index contributed by atoms with van der Waals surface area (Å²) in [5, 5.41) is 12.1. The van der Waals surface area contributed by atoms with Gasteiger partial charge < -0.3 is 19.7 Å². The molecule has 0 atom stereocenters. The summed E-state index contributed by atoms with van der Waals surface area (Å²) >= 11 is 0. The van der Waals surface area contributed by atoms with E-state index in [2.05, 4.69) is 5.32 Å². The van der Waals surface area contributed by atoms with Crippen LogP contribution in [-0.2, 0) is 11.3 Å². The van der Waals surface area contributed by atoms with Crippen LogP contribution in [0.5, 0.6) is 0 Å². The third kappa shape index (κ3) is 2.89. The topological polar surface area (TPSA) is 82.8 Å². The van der Waals surface area contributed by atoms with Crippen molar-refractivity contribution in [3.8, 4) is 0 Å². The van der Waals surface area contributed by atoms with Crippen LogP contribution in [0, 0.1) is 5.41 Å². The molecule has 114 valence electrons. The van der Waals surface area contributed by atoms with Gasteiger partial charge >= 0.3 is 12.0 Å². The molecule has 0 radical (unpaired) electrons. The molecule has 2 fully saturated rings. The molecule has 1 heterocycles. The van der Waals surface area contributed by atoms with Gasteiger partial charge in [-0.1, -0.05) is 6.42 Å². The first kappa shape index (κ1) is 14.0. The number of nitrogens with zero attached hydrogens (tertiary/aromatic N) is 1. The zero-order chi connectivity index (χ0) is 14.9. The van der Waals surface area contributed by atoms with Gasteiger partial charge in [0.05, 0.1) is 18.2 Å². The number of nitrogens with one attached hydrogen (secondary N) is 1. The molecule has 1 aromatic heterocycles. The molecular formula is C15H20N2O4. The van der Waals surface area contributed by atoms with E-state index in [4.69, 9.17) is 4.42 Å². The van der Waals surface area contributed by atoms with Crippen molar-refractivity contribution in [3.05, 3.63) is 24.2 Å². The third-order valence-corrected chi connectivity index (χ3v) is 4.50. The number of rotatable bonds is 6.